The first kappa shape index (κ1) is 11.5. The maximum absolute atomic E-state index is 13.6. The van der Waals surface area contributed by atoms with Crippen LogP contribution in [0.4, 0.5) is 8.78 Å². The fraction of sp³-hybridized carbons (Fsp3) is 0.500. The molecule has 1 N–H and O–H groups in total. The number of ether oxygens (including phenoxy) is 1. The van der Waals surface area contributed by atoms with E-state index in [2.05, 4.69) is 5.32 Å². The molecule has 0 unspecified atom stereocenters. The molecule has 0 amide bonds. The number of hydrogen-bond acceptors (Lipinski definition) is 2. The summed E-state index contributed by atoms with van der Waals surface area (Å²) in [7, 11) is 0. The van der Waals surface area contributed by atoms with Crippen LogP contribution in [0.15, 0.2) is 18.2 Å². The average Bonchev–Trinajstić information content (AvgIpc) is 2.19. The van der Waals surface area contributed by atoms with Gasteiger partial charge in [-0.3, -0.25) is 0 Å². The van der Waals surface area contributed by atoms with Crippen molar-refractivity contribution in [1.29, 1.82) is 0 Å². The summed E-state index contributed by atoms with van der Waals surface area (Å²) in [6, 6.07) is 3.87. The smallest absolute Gasteiger partial charge is 0.131 e. The van der Waals surface area contributed by atoms with Gasteiger partial charge in [0.05, 0.1) is 6.61 Å². The van der Waals surface area contributed by atoms with Crippen molar-refractivity contribution in [2.45, 2.75) is 32.0 Å². The van der Waals surface area contributed by atoms with E-state index in [0.29, 0.717) is 12.2 Å². The topological polar surface area (TPSA) is 21.3 Å². The first-order valence-corrected chi connectivity index (χ1v) is 5.40. The largest absolute Gasteiger partial charge is 0.370 e. The Morgan fingerprint density at radius 2 is 2.06 bits per heavy atom. The van der Waals surface area contributed by atoms with Gasteiger partial charge in [-0.15, -0.1) is 0 Å². The van der Waals surface area contributed by atoms with E-state index in [0.717, 1.165) is 6.07 Å². The summed E-state index contributed by atoms with van der Waals surface area (Å²) in [5.41, 5.74) is 0.410. The molecule has 88 valence electrons. The Morgan fingerprint density at radius 3 is 2.69 bits per heavy atom. The third kappa shape index (κ3) is 2.23. The molecule has 1 aromatic carbocycles. The van der Waals surface area contributed by atoms with E-state index in [1.807, 2.05) is 13.8 Å². The first-order valence-electron chi connectivity index (χ1n) is 5.40. The number of hydrogen-bond donors (Lipinski definition) is 1. The minimum atomic E-state index is -0.564. The lowest BCUT2D eigenvalue weighted by molar-refractivity contribution is -0.0225. The van der Waals surface area contributed by atoms with Crippen LogP contribution in [0.1, 0.15) is 25.5 Å². The summed E-state index contributed by atoms with van der Waals surface area (Å²) in [6.07, 6.45) is -0.350. The van der Waals surface area contributed by atoms with Gasteiger partial charge < -0.3 is 10.1 Å². The summed E-state index contributed by atoms with van der Waals surface area (Å²) >= 11 is 0. The normalized spacial score (nSPS) is 30.4. The number of nitrogens with one attached hydrogen (secondary N) is 1. The molecule has 2 rings (SSSR count). The van der Waals surface area contributed by atoms with Crippen molar-refractivity contribution >= 4 is 0 Å². The first-order chi connectivity index (χ1) is 7.58. The van der Waals surface area contributed by atoms with Crippen LogP contribution >= 0.6 is 0 Å². The fourth-order valence-electron chi connectivity index (χ4n) is 2.07. The second kappa shape index (κ2) is 4.47. The zero-order valence-electron chi connectivity index (χ0n) is 9.34. The highest BCUT2D eigenvalue weighted by Crippen LogP contribution is 2.27. The van der Waals surface area contributed by atoms with Gasteiger partial charge in [-0.05, 0) is 19.9 Å². The van der Waals surface area contributed by atoms with Crippen molar-refractivity contribution in [3.05, 3.63) is 35.4 Å². The van der Waals surface area contributed by atoms with Gasteiger partial charge in [0.15, 0.2) is 0 Å². The molecular formula is C12H15F2NO. The molecule has 1 heterocycles. The molecule has 0 radical (unpaired) electrons. The van der Waals surface area contributed by atoms with Gasteiger partial charge in [-0.25, -0.2) is 8.78 Å². The minimum Gasteiger partial charge on any atom is -0.370 e. The quantitative estimate of drug-likeness (QED) is 0.795. The van der Waals surface area contributed by atoms with Crippen LogP contribution in [-0.2, 0) is 4.74 Å². The van der Waals surface area contributed by atoms with Crippen molar-refractivity contribution < 1.29 is 13.5 Å². The molecule has 2 nitrogen and oxygen atoms in total. The third-order valence-corrected chi connectivity index (χ3v) is 2.80. The molecule has 0 aromatic heterocycles. The lowest BCUT2D eigenvalue weighted by atomic mass is 10.0. The second-order valence-corrected chi connectivity index (χ2v) is 4.28. The van der Waals surface area contributed by atoms with E-state index in [1.54, 1.807) is 0 Å². The van der Waals surface area contributed by atoms with E-state index in [4.69, 9.17) is 4.74 Å². The molecular weight excluding hydrogens is 212 g/mol. The van der Waals surface area contributed by atoms with Crippen LogP contribution in [0.2, 0.25) is 0 Å². The Balaban J connectivity index is 2.23. The lowest BCUT2D eigenvalue weighted by Crippen LogP contribution is -2.47. The van der Waals surface area contributed by atoms with Crippen molar-refractivity contribution in [1.82, 2.24) is 5.32 Å². The lowest BCUT2D eigenvalue weighted by Gasteiger charge is -2.34. The van der Waals surface area contributed by atoms with Gasteiger partial charge >= 0.3 is 0 Å². The fourth-order valence-corrected chi connectivity index (χ4v) is 2.07. The van der Waals surface area contributed by atoms with Crippen molar-refractivity contribution in [2.24, 2.45) is 0 Å². The molecule has 0 spiro atoms. The third-order valence-electron chi connectivity index (χ3n) is 2.80. The predicted molar refractivity (Wildman–Crippen MR) is 57.1 cm³/mol. The summed E-state index contributed by atoms with van der Waals surface area (Å²) < 4.78 is 31.9. The highest BCUT2D eigenvalue weighted by atomic mass is 19.1. The SMILES string of the molecule is C[C@H]1CO[C@H](c2ccc(F)cc2F)[C@@H](C)N1. The molecule has 0 saturated carbocycles. The predicted octanol–water partition coefficient (Wildman–Crippen LogP) is 2.40. The van der Waals surface area contributed by atoms with Crippen LogP contribution in [0.5, 0.6) is 0 Å². The van der Waals surface area contributed by atoms with E-state index in [9.17, 15) is 8.78 Å². The second-order valence-electron chi connectivity index (χ2n) is 4.28. The summed E-state index contributed by atoms with van der Waals surface area (Å²) in [5.74, 6) is -1.11. The Kier molecular flexibility index (Phi) is 3.21. The van der Waals surface area contributed by atoms with Gasteiger partial charge in [-0.1, -0.05) is 6.07 Å². The standard InChI is InChI=1S/C12H15F2NO/c1-7-6-16-12(8(2)15-7)10-4-3-9(13)5-11(10)14/h3-5,7-8,12,15H,6H2,1-2H3/t7-,8+,12-/m0/s1. The maximum Gasteiger partial charge on any atom is 0.131 e. The van der Waals surface area contributed by atoms with Gasteiger partial charge in [0, 0.05) is 23.7 Å². The number of rotatable bonds is 1. The number of benzene rings is 1. The van der Waals surface area contributed by atoms with Gasteiger partial charge in [0.2, 0.25) is 0 Å². The number of morpholine rings is 1. The summed E-state index contributed by atoms with van der Waals surface area (Å²) in [6.45, 7) is 4.47. The Bertz CT molecular complexity index is 383. The van der Waals surface area contributed by atoms with Gasteiger partial charge in [0.25, 0.3) is 0 Å². The van der Waals surface area contributed by atoms with Crippen molar-refractivity contribution in [3.63, 3.8) is 0 Å². The molecule has 3 atom stereocenters. The van der Waals surface area contributed by atoms with E-state index in [1.165, 1.54) is 12.1 Å². The molecule has 4 heteroatoms. The zero-order valence-corrected chi connectivity index (χ0v) is 9.34. The average molecular weight is 227 g/mol. The highest BCUT2D eigenvalue weighted by molar-refractivity contribution is 5.22. The molecule has 1 fully saturated rings. The maximum atomic E-state index is 13.6. The number of halogens is 2. The Labute approximate surface area is 93.6 Å². The van der Waals surface area contributed by atoms with Gasteiger partial charge in [0.1, 0.15) is 17.7 Å². The van der Waals surface area contributed by atoms with Gasteiger partial charge in [-0.2, -0.15) is 0 Å². The minimum absolute atomic E-state index is 0.0173. The Hall–Kier alpha value is -1.00. The Morgan fingerprint density at radius 1 is 1.31 bits per heavy atom. The van der Waals surface area contributed by atoms with E-state index >= 15 is 0 Å². The summed E-state index contributed by atoms with van der Waals surface area (Å²) in [4.78, 5) is 0. The molecule has 16 heavy (non-hydrogen) atoms. The molecule has 0 aliphatic carbocycles. The summed E-state index contributed by atoms with van der Waals surface area (Å²) in [5, 5.41) is 3.28. The van der Waals surface area contributed by atoms with Crippen LogP contribution in [-0.4, -0.2) is 18.7 Å². The molecule has 1 saturated heterocycles. The van der Waals surface area contributed by atoms with E-state index in [-0.39, 0.29) is 18.2 Å². The van der Waals surface area contributed by atoms with E-state index < -0.39 is 11.6 Å². The van der Waals surface area contributed by atoms with Crippen LogP contribution < -0.4 is 5.32 Å². The van der Waals surface area contributed by atoms with Crippen LogP contribution in [0, 0.1) is 11.6 Å². The van der Waals surface area contributed by atoms with Crippen LogP contribution in [0.3, 0.4) is 0 Å². The molecule has 1 aliphatic heterocycles. The highest BCUT2D eigenvalue weighted by Gasteiger charge is 2.28. The monoisotopic (exact) mass is 227 g/mol. The van der Waals surface area contributed by atoms with Crippen molar-refractivity contribution in [2.75, 3.05) is 6.61 Å². The molecule has 1 aromatic rings. The molecule has 0 bridgehead atoms. The van der Waals surface area contributed by atoms with Crippen LogP contribution in [0.25, 0.3) is 0 Å². The van der Waals surface area contributed by atoms with Crippen molar-refractivity contribution in [3.8, 4) is 0 Å². The zero-order chi connectivity index (χ0) is 11.7. The molecule has 1 aliphatic rings.